The van der Waals surface area contributed by atoms with Crippen molar-refractivity contribution < 1.29 is 18.8 Å². The fraction of sp³-hybridized carbons (Fsp3) is 0.333. The molecular weight excluding hydrogens is 371 g/mol. The van der Waals surface area contributed by atoms with E-state index in [2.05, 4.69) is 10.3 Å². The number of hydrogen-bond donors (Lipinski definition) is 1. The molecule has 1 aromatic heterocycles. The first kappa shape index (κ1) is 19.0. The first-order valence-electron chi connectivity index (χ1n) is 8.24. The van der Waals surface area contributed by atoms with E-state index in [0.29, 0.717) is 16.3 Å². The Hall–Kier alpha value is -2.81. The lowest BCUT2D eigenvalue weighted by Crippen LogP contribution is -2.40. The van der Waals surface area contributed by atoms with E-state index >= 15 is 0 Å². The second kappa shape index (κ2) is 7.07. The van der Waals surface area contributed by atoms with Crippen molar-refractivity contribution in [3.8, 4) is 0 Å². The van der Waals surface area contributed by atoms with Gasteiger partial charge in [0.1, 0.15) is 16.4 Å². The molecule has 0 spiro atoms. The first-order valence-corrected chi connectivity index (χ1v) is 9.12. The number of thiazole rings is 1. The number of hydrogen-bond acceptors (Lipinski definition) is 5. The molecule has 142 valence electrons. The van der Waals surface area contributed by atoms with E-state index in [4.69, 9.17) is 0 Å². The summed E-state index contributed by atoms with van der Waals surface area (Å²) in [5.41, 5.74) is -0.224. The van der Waals surface area contributed by atoms with E-state index < -0.39 is 23.3 Å². The van der Waals surface area contributed by atoms with Crippen molar-refractivity contribution in [2.24, 2.45) is 0 Å². The van der Waals surface area contributed by atoms with Gasteiger partial charge in [0.05, 0.1) is 18.7 Å². The number of nitrogens with zero attached hydrogens (tertiary/aromatic N) is 3. The molecule has 2 heterocycles. The van der Waals surface area contributed by atoms with E-state index in [0.717, 1.165) is 4.90 Å². The van der Waals surface area contributed by atoms with E-state index in [1.807, 2.05) is 0 Å². The summed E-state index contributed by atoms with van der Waals surface area (Å²) in [6, 6.07) is 4.91. The van der Waals surface area contributed by atoms with Crippen LogP contribution in [-0.4, -0.2) is 46.7 Å². The van der Waals surface area contributed by atoms with Gasteiger partial charge in [0.15, 0.2) is 0 Å². The first-order chi connectivity index (χ1) is 12.7. The van der Waals surface area contributed by atoms with Crippen LogP contribution in [0.5, 0.6) is 0 Å². The lowest BCUT2D eigenvalue weighted by molar-refractivity contribution is -0.131. The van der Waals surface area contributed by atoms with Gasteiger partial charge in [-0.3, -0.25) is 14.5 Å². The van der Waals surface area contributed by atoms with Crippen LogP contribution in [0.25, 0.3) is 0 Å². The number of amides is 4. The summed E-state index contributed by atoms with van der Waals surface area (Å²) in [7, 11) is 3.33. The van der Waals surface area contributed by atoms with E-state index in [1.54, 1.807) is 26.4 Å². The average molecular weight is 390 g/mol. The van der Waals surface area contributed by atoms with Gasteiger partial charge in [-0.15, -0.1) is 11.3 Å². The van der Waals surface area contributed by atoms with Crippen molar-refractivity contribution in [3.63, 3.8) is 0 Å². The van der Waals surface area contributed by atoms with Gasteiger partial charge in [0, 0.05) is 19.5 Å². The summed E-state index contributed by atoms with van der Waals surface area (Å²) < 4.78 is 13.2. The minimum Gasteiger partial charge on any atom is -0.348 e. The molecule has 1 fully saturated rings. The van der Waals surface area contributed by atoms with Crippen molar-refractivity contribution >= 4 is 29.2 Å². The third-order valence-corrected chi connectivity index (χ3v) is 5.31. The van der Waals surface area contributed by atoms with Crippen LogP contribution in [0, 0.1) is 5.82 Å². The zero-order valence-corrected chi connectivity index (χ0v) is 16.0. The second-order valence-corrected chi connectivity index (χ2v) is 7.59. The Kier molecular flexibility index (Phi) is 4.97. The van der Waals surface area contributed by atoms with Crippen LogP contribution in [0.2, 0.25) is 0 Å². The Morgan fingerprint density at radius 2 is 1.96 bits per heavy atom. The standard InChI is InChI=1S/C18H19FN4O3S/c1-18(11-4-6-12(19)7-5-11)16(25)23(17(26)21-18)9-13-10-27-14(20-13)8-15(24)22(2)3/h4-7,10H,8-9H2,1-3H3,(H,21,26). The van der Waals surface area contributed by atoms with Gasteiger partial charge < -0.3 is 10.2 Å². The molecule has 0 bridgehead atoms. The number of carbonyl (C=O) groups is 3. The van der Waals surface area contributed by atoms with Gasteiger partial charge in [-0.25, -0.2) is 14.2 Å². The molecule has 0 aliphatic carbocycles. The summed E-state index contributed by atoms with van der Waals surface area (Å²) in [6.45, 7) is 1.59. The number of urea groups is 1. The molecule has 1 atom stereocenters. The Morgan fingerprint density at radius 1 is 1.30 bits per heavy atom. The van der Waals surface area contributed by atoms with Crippen LogP contribution in [0.3, 0.4) is 0 Å². The monoisotopic (exact) mass is 390 g/mol. The minimum absolute atomic E-state index is 0.00804. The number of rotatable bonds is 5. The zero-order chi connectivity index (χ0) is 19.8. The lowest BCUT2D eigenvalue weighted by atomic mass is 9.92. The Bertz CT molecular complexity index is 896. The second-order valence-electron chi connectivity index (χ2n) is 6.65. The highest BCUT2D eigenvalue weighted by molar-refractivity contribution is 7.09. The molecule has 3 rings (SSSR count). The molecule has 7 nitrogen and oxygen atoms in total. The predicted molar refractivity (Wildman–Crippen MR) is 97.3 cm³/mol. The summed E-state index contributed by atoms with van der Waals surface area (Å²) in [5.74, 6) is -0.925. The highest BCUT2D eigenvalue weighted by Gasteiger charge is 2.49. The van der Waals surface area contributed by atoms with Crippen molar-refractivity contribution in [3.05, 3.63) is 51.7 Å². The number of imide groups is 1. The van der Waals surface area contributed by atoms with Crippen LogP contribution in [-0.2, 0) is 28.1 Å². The fourth-order valence-corrected chi connectivity index (χ4v) is 3.55. The maximum absolute atomic E-state index is 13.2. The molecule has 9 heteroatoms. The van der Waals surface area contributed by atoms with Gasteiger partial charge in [0.2, 0.25) is 5.91 Å². The quantitative estimate of drug-likeness (QED) is 0.791. The van der Waals surface area contributed by atoms with Crippen molar-refractivity contribution in [2.75, 3.05) is 14.1 Å². The highest BCUT2D eigenvalue weighted by atomic mass is 32.1. The number of likely N-dealkylation sites (N-methyl/N-ethyl adjacent to an activating group) is 1. The van der Waals surface area contributed by atoms with E-state index in [9.17, 15) is 18.8 Å². The molecule has 1 aliphatic heterocycles. The number of aromatic nitrogens is 1. The maximum atomic E-state index is 13.2. The van der Waals surface area contributed by atoms with E-state index in [-0.39, 0.29) is 18.9 Å². The smallest absolute Gasteiger partial charge is 0.325 e. The Labute approximate surface area is 159 Å². The molecule has 0 radical (unpaired) electrons. The average Bonchev–Trinajstić information content (AvgIpc) is 3.14. The minimum atomic E-state index is -1.26. The van der Waals surface area contributed by atoms with Crippen LogP contribution >= 0.6 is 11.3 Å². The summed E-state index contributed by atoms with van der Waals surface area (Å²) in [5, 5.41) is 5.02. The van der Waals surface area contributed by atoms with Gasteiger partial charge in [-0.05, 0) is 24.6 Å². The maximum Gasteiger partial charge on any atom is 0.325 e. The summed E-state index contributed by atoms with van der Waals surface area (Å²) >= 11 is 1.31. The molecule has 1 aromatic carbocycles. The summed E-state index contributed by atoms with van der Waals surface area (Å²) in [6.07, 6.45) is 0.172. The topological polar surface area (TPSA) is 82.6 Å². The molecular formula is C18H19FN4O3S. The molecule has 27 heavy (non-hydrogen) atoms. The van der Waals surface area contributed by atoms with Gasteiger partial charge in [-0.1, -0.05) is 12.1 Å². The van der Waals surface area contributed by atoms with Crippen molar-refractivity contribution in [1.29, 1.82) is 0 Å². The van der Waals surface area contributed by atoms with Crippen LogP contribution in [0.4, 0.5) is 9.18 Å². The molecule has 1 aliphatic rings. The van der Waals surface area contributed by atoms with Crippen LogP contribution in [0.15, 0.2) is 29.6 Å². The van der Waals surface area contributed by atoms with E-state index in [1.165, 1.54) is 40.5 Å². The van der Waals surface area contributed by atoms with Gasteiger partial charge >= 0.3 is 6.03 Å². The zero-order valence-electron chi connectivity index (χ0n) is 15.2. The third-order valence-electron chi connectivity index (χ3n) is 4.42. The van der Waals surface area contributed by atoms with Crippen molar-refractivity contribution in [2.45, 2.75) is 25.4 Å². The predicted octanol–water partition coefficient (Wildman–Crippen LogP) is 1.88. The van der Waals surface area contributed by atoms with Crippen LogP contribution in [0.1, 0.15) is 23.2 Å². The molecule has 1 saturated heterocycles. The number of halogens is 1. The number of nitrogens with one attached hydrogen (secondary N) is 1. The summed E-state index contributed by atoms with van der Waals surface area (Å²) in [4.78, 5) is 43.9. The number of benzene rings is 1. The Morgan fingerprint density at radius 3 is 2.59 bits per heavy atom. The molecule has 2 aromatic rings. The van der Waals surface area contributed by atoms with Crippen molar-refractivity contribution in [1.82, 2.24) is 20.1 Å². The molecule has 0 saturated carbocycles. The lowest BCUT2D eigenvalue weighted by Gasteiger charge is -2.22. The SMILES string of the molecule is CN(C)C(=O)Cc1nc(CN2C(=O)NC(C)(c3ccc(F)cc3)C2=O)cs1. The Balaban J connectivity index is 1.75. The molecule has 1 unspecified atom stereocenters. The van der Waals surface area contributed by atoms with Crippen LogP contribution < -0.4 is 5.32 Å². The highest BCUT2D eigenvalue weighted by Crippen LogP contribution is 2.30. The van der Waals surface area contributed by atoms with Gasteiger partial charge in [0.25, 0.3) is 5.91 Å². The number of carbonyl (C=O) groups excluding carboxylic acids is 3. The third kappa shape index (κ3) is 3.68. The fourth-order valence-electron chi connectivity index (χ4n) is 2.77. The van der Waals surface area contributed by atoms with Gasteiger partial charge in [-0.2, -0.15) is 0 Å². The normalized spacial score (nSPS) is 19.3. The largest absolute Gasteiger partial charge is 0.348 e. The molecule has 4 amide bonds. The molecule has 1 N–H and O–H groups in total.